The number of rotatable bonds is 5. The van der Waals surface area contributed by atoms with E-state index in [0.717, 1.165) is 30.8 Å². The summed E-state index contributed by atoms with van der Waals surface area (Å²) in [4.78, 5) is 18.8. The van der Waals surface area contributed by atoms with Crippen molar-refractivity contribution >= 4 is 17.2 Å². The highest BCUT2D eigenvalue weighted by Gasteiger charge is 2.29. The molecule has 8 heteroatoms. The number of hydrogen-bond acceptors (Lipinski definition) is 7. The second-order valence-electron chi connectivity index (χ2n) is 6.61. The zero-order chi connectivity index (χ0) is 17.9. The highest BCUT2D eigenvalue weighted by Crippen LogP contribution is 2.32. The molecule has 0 aliphatic carbocycles. The largest absolute Gasteiger partial charge is 0.454 e. The van der Waals surface area contributed by atoms with Gasteiger partial charge in [0, 0.05) is 25.0 Å². The van der Waals surface area contributed by atoms with Gasteiger partial charge < -0.3 is 19.9 Å². The van der Waals surface area contributed by atoms with E-state index >= 15 is 0 Å². The molecule has 26 heavy (non-hydrogen) atoms. The van der Waals surface area contributed by atoms with Gasteiger partial charge in [0.05, 0.1) is 29.8 Å². The normalized spacial score (nSPS) is 22.3. The highest BCUT2D eigenvalue weighted by molar-refractivity contribution is 7.07. The Labute approximate surface area is 155 Å². The van der Waals surface area contributed by atoms with Crippen LogP contribution < -0.4 is 14.8 Å². The van der Waals surface area contributed by atoms with Crippen LogP contribution in [0.5, 0.6) is 11.5 Å². The van der Waals surface area contributed by atoms with Crippen LogP contribution in [0, 0.1) is 0 Å². The van der Waals surface area contributed by atoms with Crippen molar-refractivity contribution in [2.45, 2.75) is 31.5 Å². The predicted molar refractivity (Wildman–Crippen MR) is 96.2 cm³/mol. The van der Waals surface area contributed by atoms with Crippen LogP contribution >= 0.6 is 11.3 Å². The van der Waals surface area contributed by atoms with Crippen molar-refractivity contribution in [2.24, 2.45) is 0 Å². The Hall–Kier alpha value is -2.16. The molecule has 2 N–H and O–H groups in total. The van der Waals surface area contributed by atoms with Gasteiger partial charge in [-0.05, 0) is 24.1 Å². The van der Waals surface area contributed by atoms with Gasteiger partial charge in [-0.15, -0.1) is 11.3 Å². The number of amides is 1. The van der Waals surface area contributed by atoms with Gasteiger partial charge in [0.1, 0.15) is 0 Å². The van der Waals surface area contributed by atoms with Crippen LogP contribution in [0.15, 0.2) is 29.1 Å². The number of nitrogens with one attached hydrogen (secondary N) is 1. The number of benzene rings is 1. The number of carbonyl (C=O) groups is 1. The van der Waals surface area contributed by atoms with Gasteiger partial charge in [-0.3, -0.25) is 9.69 Å². The Kier molecular flexibility index (Phi) is 5.05. The lowest BCUT2D eigenvalue weighted by molar-refractivity contribution is -0.122. The van der Waals surface area contributed by atoms with E-state index in [9.17, 15) is 9.90 Å². The number of ether oxygens (including phenoxy) is 2. The molecule has 2 aromatic rings. The van der Waals surface area contributed by atoms with E-state index in [2.05, 4.69) is 15.2 Å². The minimum atomic E-state index is -0.580. The van der Waals surface area contributed by atoms with Gasteiger partial charge >= 0.3 is 0 Å². The number of fused-ring (bicyclic) bond motifs is 1. The molecule has 1 amide bonds. The first-order chi connectivity index (χ1) is 12.7. The Bertz CT molecular complexity index is 768. The van der Waals surface area contributed by atoms with Gasteiger partial charge in [-0.2, -0.15) is 0 Å². The number of thiazole rings is 1. The van der Waals surface area contributed by atoms with E-state index in [0.29, 0.717) is 18.0 Å². The molecule has 2 aliphatic heterocycles. The molecule has 0 unspecified atom stereocenters. The van der Waals surface area contributed by atoms with Gasteiger partial charge in [0.2, 0.25) is 12.7 Å². The quantitative estimate of drug-likeness (QED) is 0.816. The second-order valence-corrected chi connectivity index (χ2v) is 7.33. The smallest absolute Gasteiger partial charge is 0.231 e. The number of aliphatic hydroxyl groups is 1. The lowest BCUT2D eigenvalue weighted by Crippen LogP contribution is -2.54. The molecule has 0 saturated carbocycles. The monoisotopic (exact) mass is 375 g/mol. The maximum absolute atomic E-state index is 12.3. The lowest BCUT2D eigenvalue weighted by Gasteiger charge is -2.36. The minimum Gasteiger partial charge on any atom is -0.454 e. The SMILES string of the molecule is O=C(Cc1ccc2c(c1)OCO2)N[C@@H]1CCN(Cc2cscn2)C[C@H]1O. The average Bonchev–Trinajstić information content (AvgIpc) is 3.28. The van der Waals surface area contributed by atoms with Gasteiger partial charge in [0.25, 0.3) is 0 Å². The third-order valence-corrected chi connectivity index (χ3v) is 5.32. The summed E-state index contributed by atoms with van der Waals surface area (Å²) in [7, 11) is 0. The first kappa shape index (κ1) is 17.3. The maximum atomic E-state index is 12.3. The summed E-state index contributed by atoms with van der Waals surface area (Å²) < 4.78 is 10.6. The molecule has 138 valence electrons. The molecule has 4 rings (SSSR count). The van der Waals surface area contributed by atoms with Crippen molar-refractivity contribution in [3.05, 3.63) is 40.3 Å². The number of nitrogens with zero attached hydrogens (tertiary/aromatic N) is 2. The van der Waals surface area contributed by atoms with Crippen LogP contribution in [0.4, 0.5) is 0 Å². The summed E-state index contributed by atoms with van der Waals surface area (Å²) in [6, 6.07) is 5.29. The summed E-state index contributed by atoms with van der Waals surface area (Å²) in [6.07, 6.45) is 0.392. The number of carbonyl (C=O) groups excluding carboxylic acids is 1. The molecule has 0 bridgehead atoms. The molecule has 1 fully saturated rings. The molecule has 7 nitrogen and oxygen atoms in total. The molecular weight excluding hydrogens is 354 g/mol. The molecule has 1 saturated heterocycles. The molecule has 2 aliphatic rings. The van der Waals surface area contributed by atoms with Crippen molar-refractivity contribution in [3.63, 3.8) is 0 Å². The van der Waals surface area contributed by atoms with Crippen molar-refractivity contribution in [1.82, 2.24) is 15.2 Å². The van der Waals surface area contributed by atoms with E-state index in [1.54, 1.807) is 11.3 Å². The van der Waals surface area contributed by atoms with E-state index in [-0.39, 0.29) is 25.2 Å². The standard InChI is InChI=1S/C18H21N3O4S/c22-15-8-21(7-13-9-26-10-19-13)4-3-14(15)20-18(23)6-12-1-2-16-17(5-12)25-11-24-16/h1-2,5,9-10,14-15,22H,3-4,6-8,11H2,(H,20,23)/t14-,15-/m1/s1. The van der Waals surface area contributed by atoms with Crippen LogP contribution in [0.25, 0.3) is 0 Å². The molecule has 3 heterocycles. The van der Waals surface area contributed by atoms with Crippen LogP contribution in [-0.4, -0.2) is 52.9 Å². The fourth-order valence-corrected chi connectivity index (χ4v) is 3.90. The van der Waals surface area contributed by atoms with E-state index in [1.807, 2.05) is 29.1 Å². The third kappa shape index (κ3) is 3.98. The number of aliphatic hydroxyl groups excluding tert-OH is 1. The van der Waals surface area contributed by atoms with E-state index < -0.39 is 6.10 Å². The number of hydrogen-bond donors (Lipinski definition) is 2. The number of piperidine rings is 1. The molecule has 2 atom stereocenters. The molecule has 0 spiro atoms. The fourth-order valence-electron chi connectivity index (χ4n) is 3.35. The average molecular weight is 375 g/mol. The number of β-amino-alcohol motifs (C(OH)–C–C–N with tert-alkyl or cyclic N) is 1. The molecular formula is C18H21N3O4S. The second kappa shape index (κ2) is 7.61. The minimum absolute atomic E-state index is 0.0964. The van der Waals surface area contributed by atoms with Crippen LogP contribution in [0.1, 0.15) is 17.7 Å². The molecule has 1 aromatic carbocycles. The lowest BCUT2D eigenvalue weighted by atomic mass is 10.0. The summed E-state index contributed by atoms with van der Waals surface area (Å²) in [5, 5.41) is 15.4. The van der Waals surface area contributed by atoms with Gasteiger partial charge in [-0.1, -0.05) is 6.07 Å². The third-order valence-electron chi connectivity index (χ3n) is 4.68. The fraction of sp³-hybridized carbons (Fsp3) is 0.444. The van der Waals surface area contributed by atoms with Crippen LogP contribution in [0.3, 0.4) is 0 Å². The summed E-state index contributed by atoms with van der Waals surface area (Å²) in [5.41, 5.74) is 3.70. The van der Waals surface area contributed by atoms with Gasteiger partial charge in [-0.25, -0.2) is 4.98 Å². The topological polar surface area (TPSA) is 83.9 Å². The zero-order valence-corrected chi connectivity index (χ0v) is 15.1. The highest BCUT2D eigenvalue weighted by atomic mass is 32.1. The number of aromatic nitrogens is 1. The zero-order valence-electron chi connectivity index (χ0n) is 14.3. The Morgan fingerprint density at radius 2 is 2.27 bits per heavy atom. The summed E-state index contributed by atoms with van der Waals surface area (Å²) >= 11 is 1.57. The Morgan fingerprint density at radius 3 is 3.08 bits per heavy atom. The van der Waals surface area contributed by atoms with E-state index in [4.69, 9.17) is 9.47 Å². The molecule has 0 radical (unpaired) electrons. The van der Waals surface area contributed by atoms with Crippen LogP contribution in [0.2, 0.25) is 0 Å². The van der Waals surface area contributed by atoms with Crippen molar-refractivity contribution < 1.29 is 19.4 Å². The van der Waals surface area contributed by atoms with Gasteiger partial charge in [0.15, 0.2) is 11.5 Å². The molecule has 1 aromatic heterocycles. The predicted octanol–water partition coefficient (Wildman–Crippen LogP) is 1.17. The van der Waals surface area contributed by atoms with Crippen molar-refractivity contribution in [3.8, 4) is 11.5 Å². The van der Waals surface area contributed by atoms with Crippen molar-refractivity contribution in [2.75, 3.05) is 19.9 Å². The van der Waals surface area contributed by atoms with Crippen molar-refractivity contribution in [1.29, 1.82) is 0 Å². The Morgan fingerprint density at radius 1 is 1.38 bits per heavy atom. The first-order valence-electron chi connectivity index (χ1n) is 8.63. The Balaban J connectivity index is 1.28. The van der Waals surface area contributed by atoms with Crippen LogP contribution in [-0.2, 0) is 17.8 Å². The maximum Gasteiger partial charge on any atom is 0.231 e. The number of likely N-dealkylation sites (tertiary alicyclic amines) is 1. The van der Waals surface area contributed by atoms with E-state index in [1.165, 1.54) is 0 Å². The summed E-state index contributed by atoms with van der Waals surface area (Å²) in [6.45, 7) is 2.31. The first-order valence-corrected chi connectivity index (χ1v) is 9.57. The summed E-state index contributed by atoms with van der Waals surface area (Å²) in [5.74, 6) is 1.28.